The van der Waals surface area contributed by atoms with E-state index in [1.165, 1.54) is 6.07 Å². The van der Waals surface area contributed by atoms with E-state index in [1.54, 1.807) is 19.2 Å². The van der Waals surface area contributed by atoms with Gasteiger partial charge in [-0.15, -0.1) is 24.0 Å². The summed E-state index contributed by atoms with van der Waals surface area (Å²) in [6.07, 6.45) is 2.72. The Morgan fingerprint density at radius 1 is 1.16 bits per heavy atom. The third-order valence-electron chi connectivity index (χ3n) is 6.01. The molecule has 32 heavy (non-hydrogen) atoms. The lowest BCUT2D eigenvalue weighted by atomic mass is 10.1. The maximum Gasteiger partial charge on any atom is 0.236 e. The van der Waals surface area contributed by atoms with Gasteiger partial charge in [-0.05, 0) is 30.2 Å². The molecular formula is C22H32FIN6O2. The molecule has 0 radical (unpaired) electrons. The zero-order valence-electron chi connectivity index (χ0n) is 18.5. The van der Waals surface area contributed by atoms with Crippen molar-refractivity contribution in [3.63, 3.8) is 0 Å². The van der Waals surface area contributed by atoms with Gasteiger partial charge >= 0.3 is 0 Å². The zero-order valence-corrected chi connectivity index (χ0v) is 20.8. The van der Waals surface area contributed by atoms with Crippen molar-refractivity contribution in [3.8, 4) is 0 Å². The molecule has 8 nitrogen and oxygen atoms in total. The zero-order chi connectivity index (χ0) is 21.6. The van der Waals surface area contributed by atoms with Crippen LogP contribution in [0.4, 0.5) is 4.39 Å². The van der Waals surface area contributed by atoms with E-state index >= 15 is 0 Å². The fourth-order valence-corrected chi connectivity index (χ4v) is 4.22. The second-order valence-electron chi connectivity index (χ2n) is 7.98. The summed E-state index contributed by atoms with van der Waals surface area (Å²) in [5.74, 6) is 0.835. The number of nitrogens with zero attached hydrogens (tertiary/aromatic N) is 4. The van der Waals surface area contributed by atoms with Gasteiger partial charge in [0.25, 0.3) is 0 Å². The number of amides is 1. The molecule has 176 valence electrons. The van der Waals surface area contributed by atoms with Crippen LogP contribution in [0, 0.1) is 5.82 Å². The second-order valence-corrected chi connectivity index (χ2v) is 7.98. The minimum Gasteiger partial charge on any atom is -0.378 e. The van der Waals surface area contributed by atoms with E-state index in [0.717, 1.165) is 55.0 Å². The van der Waals surface area contributed by atoms with Gasteiger partial charge in [-0.3, -0.25) is 14.7 Å². The molecule has 0 spiro atoms. The van der Waals surface area contributed by atoms with Crippen LogP contribution >= 0.6 is 24.0 Å². The molecule has 0 atom stereocenters. The van der Waals surface area contributed by atoms with Gasteiger partial charge in [-0.1, -0.05) is 0 Å². The number of hydrogen-bond acceptors (Lipinski definition) is 4. The van der Waals surface area contributed by atoms with Gasteiger partial charge in [0.05, 0.1) is 19.8 Å². The summed E-state index contributed by atoms with van der Waals surface area (Å²) in [5.41, 5.74) is 2.03. The lowest BCUT2D eigenvalue weighted by Gasteiger charge is -2.37. The first-order valence-corrected chi connectivity index (χ1v) is 10.9. The molecule has 2 aliphatic rings. The average Bonchev–Trinajstić information content (AvgIpc) is 3.20. The van der Waals surface area contributed by atoms with Crippen molar-refractivity contribution in [1.82, 2.24) is 25.0 Å². The number of morpholine rings is 1. The number of halogens is 2. The molecule has 2 aliphatic heterocycles. The molecule has 0 saturated carbocycles. The number of benzene rings is 1. The van der Waals surface area contributed by atoms with Crippen LogP contribution in [0.3, 0.4) is 0 Å². The molecule has 1 aromatic heterocycles. The van der Waals surface area contributed by atoms with Crippen molar-refractivity contribution in [3.05, 3.63) is 35.8 Å². The maximum atomic E-state index is 13.6. The van der Waals surface area contributed by atoms with Crippen LogP contribution in [0.5, 0.6) is 0 Å². The number of fused-ring (bicyclic) bond motifs is 1. The van der Waals surface area contributed by atoms with Gasteiger partial charge in [0, 0.05) is 70.0 Å². The van der Waals surface area contributed by atoms with Crippen molar-refractivity contribution < 1.29 is 13.9 Å². The summed E-state index contributed by atoms with van der Waals surface area (Å²) in [5, 5.41) is 4.35. The van der Waals surface area contributed by atoms with Crippen molar-refractivity contribution >= 4 is 46.7 Å². The van der Waals surface area contributed by atoms with Crippen molar-refractivity contribution in [2.45, 2.75) is 6.42 Å². The fraction of sp³-hybridized carbons (Fsp3) is 0.545. The van der Waals surface area contributed by atoms with Crippen molar-refractivity contribution in [2.75, 3.05) is 72.6 Å². The van der Waals surface area contributed by atoms with E-state index in [2.05, 4.69) is 25.1 Å². The highest BCUT2D eigenvalue weighted by Crippen LogP contribution is 2.19. The number of rotatable bonds is 5. The van der Waals surface area contributed by atoms with E-state index in [4.69, 9.17) is 4.74 Å². The Bertz CT molecular complexity index is 922. The third kappa shape index (κ3) is 6.10. The van der Waals surface area contributed by atoms with E-state index in [0.29, 0.717) is 39.4 Å². The highest BCUT2D eigenvalue weighted by Gasteiger charge is 2.24. The molecule has 2 N–H and O–H groups in total. The summed E-state index contributed by atoms with van der Waals surface area (Å²) in [7, 11) is 1.79. The number of carbonyl (C=O) groups excluding carboxylic acids is 1. The molecule has 10 heteroatoms. The third-order valence-corrected chi connectivity index (χ3v) is 6.01. The van der Waals surface area contributed by atoms with Crippen LogP contribution in [0.2, 0.25) is 0 Å². The van der Waals surface area contributed by atoms with E-state index in [-0.39, 0.29) is 35.7 Å². The first-order valence-electron chi connectivity index (χ1n) is 10.9. The second kappa shape index (κ2) is 11.8. The Morgan fingerprint density at radius 2 is 1.91 bits per heavy atom. The Morgan fingerprint density at radius 3 is 2.62 bits per heavy atom. The topological polar surface area (TPSA) is 76.2 Å². The summed E-state index contributed by atoms with van der Waals surface area (Å²) in [6, 6.07) is 4.81. The van der Waals surface area contributed by atoms with E-state index < -0.39 is 0 Å². The van der Waals surface area contributed by atoms with Crippen molar-refractivity contribution in [2.24, 2.45) is 4.99 Å². The van der Waals surface area contributed by atoms with Crippen LogP contribution in [0.15, 0.2) is 29.4 Å². The quantitative estimate of drug-likeness (QED) is 0.331. The summed E-state index contributed by atoms with van der Waals surface area (Å²) < 4.78 is 18.9. The van der Waals surface area contributed by atoms with Crippen LogP contribution < -0.4 is 5.32 Å². The van der Waals surface area contributed by atoms with Crippen LogP contribution in [-0.4, -0.2) is 104 Å². The highest BCUT2D eigenvalue weighted by atomic mass is 127. The largest absolute Gasteiger partial charge is 0.378 e. The SMILES string of the molecule is CN=C(NCCc1c[nH]c2ccc(F)cc12)N1CCN(CC(=O)N2CCOCC2)CC1.I. The number of H-pyrrole nitrogens is 1. The van der Waals surface area contributed by atoms with Crippen molar-refractivity contribution in [1.29, 1.82) is 0 Å². The molecule has 1 amide bonds. The fourth-order valence-electron chi connectivity index (χ4n) is 4.22. The highest BCUT2D eigenvalue weighted by molar-refractivity contribution is 14.0. The Hall–Kier alpha value is -1.92. The van der Waals surface area contributed by atoms with Crippen LogP contribution in [0.25, 0.3) is 10.9 Å². The number of aliphatic imine (C=N–C) groups is 1. The van der Waals surface area contributed by atoms with Gasteiger partial charge < -0.3 is 24.8 Å². The monoisotopic (exact) mass is 558 g/mol. The first kappa shape index (κ1) is 24.7. The molecule has 0 aliphatic carbocycles. The standard InChI is InChI=1S/C22H31FN6O2.HI/c1-24-22(25-5-4-17-15-26-20-3-2-18(23)14-19(17)20)29-8-6-27(7-9-29)16-21(30)28-10-12-31-13-11-28;/h2-3,14-15,26H,4-13,16H2,1H3,(H,24,25);1H. The van der Waals surface area contributed by atoms with Gasteiger partial charge in [-0.25, -0.2) is 4.39 Å². The molecule has 2 aromatic rings. The predicted octanol–water partition coefficient (Wildman–Crippen LogP) is 1.52. The number of aromatic amines is 1. The lowest BCUT2D eigenvalue weighted by molar-refractivity contribution is -0.136. The summed E-state index contributed by atoms with van der Waals surface area (Å²) in [6.45, 7) is 7.16. The maximum absolute atomic E-state index is 13.6. The smallest absolute Gasteiger partial charge is 0.236 e. The van der Waals surface area contributed by atoms with Gasteiger partial charge in [0.1, 0.15) is 5.82 Å². The number of hydrogen-bond donors (Lipinski definition) is 2. The lowest BCUT2D eigenvalue weighted by Crippen LogP contribution is -2.55. The average molecular weight is 558 g/mol. The molecule has 2 saturated heterocycles. The van der Waals surface area contributed by atoms with Crippen LogP contribution in [-0.2, 0) is 16.0 Å². The first-order chi connectivity index (χ1) is 15.1. The number of guanidine groups is 1. The predicted molar refractivity (Wildman–Crippen MR) is 134 cm³/mol. The van der Waals surface area contributed by atoms with Gasteiger partial charge in [0.15, 0.2) is 5.96 Å². The Kier molecular flexibility index (Phi) is 9.11. The minimum atomic E-state index is -0.220. The number of ether oxygens (including phenoxy) is 1. The molecular weight excluding hydrogens is 526 g/mol. The van der Waals surface area contributed by atoms with Gasteiger partial charge in [-0.2, -0.15) is 0 Å². The molecule has 3 heterocycles. The molecule has 2 fully saturated rings. The number of aromatic nitrogens is 1. The number of carbonyl (C=O) groups is 1. The molecule has 1 aromatic carbocycles. The molecule has 0 bridgehead atoms. The summed E-state index contributed by atoms with van der Waals surface area (Å²) >= 11 is 0. The van der Waals surface area contributed by atoms with Gasteiger partial charge in [0.2, 0.25) is 5.91 Å². The number of piperazine rings is 1. The number of nitrogens with one attached hydrogen (secondary N) is 2. The summed E-state index contributed by atoms with van der Waals surface area (Å²) in [4.78, 5) is 26.4. The van der Waals surface area contributed by atoms with E-state index in [9.17, 15) is 9.18 Å². The Balaban J connectivity index is 0.00000289. The Labute approximate surface area is 205 Å². The minimum absolute atomic E-state index is 0. The van der Waals surface area contributed by atoms with Crippen LogP contribution in [0.1, 0.15) is 5.56 Å². The molecule has 4 rings (SSSR count). The van der Waals surface area contributed by atoms with E-state index in [1.807, 2.05) is 11.1 Å². The normalized spacial score (nSPS) is 18.0. The molecule has 0 unspecified atom stereocenters.